The van der Waals surface area contributed by atoms with Crippen molar-refractivity contribution in [2.75, 3.05) is 33.2 Å². The van der Waals surface area contributed by atoms with Crippen LogP contribution in [0.4, 0.5) is 0 Å². The van der Waals surface area contributed by atoms with Crippen LogP contribution in [0.2, 0.25) is 0 Å². The van der Waals surface area contributed by atoms with Crippen LogP contribution in [0.1, 0.15) is 54.3 Å². The molecule has 0 radical (unpaired) electrons. The van der Waals surface area contributed by atoms with E-state index >= 15 is 0 Å². The summed E-state index contributed by atoms with van der Waals surface area (Å²) in [5.74, 6) is 1.72. The third kappa shape index (κ3) is 2.48. The summed E-state index contributed by atoms with van der Waals surface area (Å²) in [5, 5.41) is 0. The lowest BCUT2D eigenvalue weighted by Crippen LogP contribution is -2.47. The quantitative estimate of drug-likeness (QED) is 0.903. The lowest BCUT2D eigenvalue weighted by atomic mass is 9.79. The third-order valence-electron chi connectivity index (χ3n) is 5.37. The van der Waals surface area contributed by atoms with Crippen molar-refractivity contribution in [3.8, 4) is 0 Å². The number of hydrogen-bond acceptors (Lipinski definition) is 3. The van der Waals surface area contributed by atoms with Crippen molar-refractivity contribution in [3.05, 3.63) is 17.7 Å². The van der Waals surface area contributed by atoms with E-state index in [4.69, 9.17) is 0 Å². The lowest BCUT2D eigenvalue weighted by Gasteiger charge is -2.40. The van der Waals surface area contributed by atoms with Crippen LogP contribution in [-0.4, -0.2) is 58.9 Å². The first-order valence-corrected chi connectivity index (χ1v) is 8.18. The van der Waals surface area contributed by atoms with E-state index in [1.54, 1.807) is 6.20 Å². The maximum absolute atomic E-state index is 12.7. The van der Waals surface area contributed by atoms with Crippen LogP contribution in [-0.2, 0) is 0 Å². The van der Waals surface area contributed by atoms with Crippen LogP contribution in [0.5, 0.6) is 0 Å². The van der Waals surface area contributed by atoms with Crippen LogP contribution >= 0.6 is 0 Å². The summed E-state index contributed by atoms with van der Waals surface area (Å²) in [5.41, 5.74) is 1.02. The van der Waals surface area contributed by atoms with Crippen molar-refractivity contribution in [3.63, 3.8) is 0 Å². The van der Waals surface area contributed by atoms with Crippen molar-refractivity contribution in [1.82, 2.24) is 19.8 Å². The zero-order valence-electron chi connectivity index (χ0n) is 12.8. The number of carbonyl (C=O) groups is 1. The van der Waals surface area contributed by atoms with E-state index < -0.39 is 0 Å². The summed E-state index contributed by atoms with van der Waals surface area (Å²) >= 11 is 0. The molecule has 1 amide bonds. The molecule has 114 valence electrons. The van der Waals surface area contributed by atoms with Gasteiger partial charge in [-0.25, -0.2) is 4.98 Å². The van der Waals surface area contributed by atoms with Crippen LogP contribution < -0.4 is 0 Å². The molecule has 1 N–H and O–H groups in total. The molecule has 1 unspecified atom stereocenters. The predicted molar refractivity (Wildman–Crippen MR) is 80.2 cm³/mol. The number of amides is 1. The predicted octanol–water partition coefficient (Wildman–Crippen LogP) is 1.84. The second-order valence-electron chi connectivity index (χ2n) is 7.27. The minimum atomic E-state index is 0.142. The van der Waals surface area contributed by atoms with Gasteiger partial charge in [0.25, 0.3) is 5.91 Å². The van der Waals surface area contributed by atoms with Crippen molar-refractivity contribution in [1.29, 1.82) is 0 Å². The van der Waals surface area contributed by atoms with E-state index in [0.717, 1.165) is 38.4 Å². The van der Waals surface area contributed by atoms with Gasteiger partial charge in [0.2, 0.25) is 0 Å². The van der Waals surface area contributed by atoms with E-state index in [1.165, 1.54) is 25.7 Å². The van der Waals surface area contributed by atoms with Crippen molar-refractivity contribution in [2.24, 2.45) is 5.41 Å². The first kappa shape index (κ1) is 13.3. The zero-order chi connectivity index (χ0) is 14.4. The molecule has 2 aliphatic heterocycles. The minimum absolute atomic E-state index is 0.142. The van der Waals surface area contributed by atoms with Gasteiger partial charge in [0.15, 0.2) is 0 Å². The molecule has 1 aromatic heterocycles. The summed E-state index contributed by atoms with van der Waals surface area (Å²) in [6.45, 7) is 4.10. The normalized spacial score (nSPS) is 30.2. The number of H-pyrrole nitrogens is 1. The largest absolute Gasteiger partial charge is 0.338 e. The summed E-state index contributed by atoms with van der Waals surface area (Å²) < 4.78 is 0. The second kappa shape index (κ2) is 4.83. The van der Waals surface area contributed by atoms with Crippen molar-refractivity contribution in [2.45, 2.75) is 38.0 Å². The maximum Gasteiger partial charge on any atom is 0.271 e. The molecular weight excluding hydrogens is 264 g/mol. The number of likely N-dealkylation sites (tertiary alicyclic amines) is 2. The average molecular weight is 288 g/mol. The van der Waals surface area contributed by atoms with Crippen LogP contribution in [0.25, 0.3) is 0 Å². The Hall–Kier alpha value is -1.36. The number of aromatic nitrogens is 2. The minimum Gasteiger partial charge on any atom is -0.338 e. The lowest BCUT2D eigenvalue weighted by molar-refractivity contribution is 0.0529. The van der Waals surface area contributed by atoms with E-state index in [9.17, 15) is 4.79 Å². The fraction of sp³-hybridized carbons (Fsp3) is 0.750. The Balaban J connectivity index is 1.48. The fourth-order valence-electron chi connectivity index (χ4n) is 4.05. The smallest absolute Gasteiger partial charge is 0.271 e. The molecule has 1 aromatic rings. The van der Waals surface area contributed by atoms with Crippen LogP contribution in [0.3, 0.4) is 0 Å². The number of aromatic amines is 1. The SMILES string of the molecule is CN1CCC2(CCCN(C(=O)c3cnc(C4CC4)[nH]3)C2)C1. The Morgan fingerprint density at radius 3 is 2.90 bits per heavy atom. The van der Waals surface area contributed by atoms with Gasteiger partial charge < -0.3 is 14.8 Å². The summed E-state index contributed by atoms with van der Waals surface area (Å²) in [4.78, 5) is 24.8. The number of nitrogens with one attached hydrogen (secondary N) is 1. The molecule has 3 fully saturated rings. The highest BCUT2D eigenvalue weighted by Crippen LogP contribution is 2.39. The monoisotopic (exact) mass is 288 g/mol. The molecule has 2 saturated heterocycles. The molecule has 5 nitrogen and oxygen atoms in total. The Bertz CT molecular complexity index is 546. The molecule has 1 atom stereocenters. The van der Waals surface area contributed by atoms with Gasteiger partial charge in [0, 0.05) is 31.0 Å². The van der Waals surface area contributed by atoms with E-state index in [2.05, 4.69) is 21.9 Å². The fourth-order valence-corrected chi connectivity index (χ4v) is 4.05. The Morgan fingerprint density at radius 2 is 2.19 bits per heavy atom. The van der Waals surface area contributed by atoms with Crippen molar-refractivity contribution >= 4 is 5.91 Å². The Labute approximate surface area is 125 Å². The molecule has 4 rings (SSSR count). The molecule has 1 spiro atoms. The number of rotatable bonds is 2. The van der Waals surface area contributed by atoms with Crippen LogP contribution in [0.15, 0.2) is 6.20 Å². The van der Waals surface area contributed by atoms with Gasteiger partial charge >= 0.3 is 0 Å². The van der Waals surface area contributed by atoms with E-state index in [-0.39, 0.29) is 5.91 Å². The number of hydrogen-bond donors (Lipinski definition) is 1. The summed E-state index contributed by atoms with van der Waals surface area (Å²) in [6, 6.07) is 0. The van der Waals surface area contributed by atoms with E-state index in [0.29, 0.717) is 17.0 Å². The average Bonchev–Trinajstić information content (AvgIpc) is 3.11. The molecule has 21 heavy (non-hydrogen) atoms. The van der Waals surface area contributed by atoms with Crippen LogP contribution in [0, 0.1) is 5.41 Å². The Kier molecular flexibility index (Phi) is 3.06. The standard InChI is InChI=1S/C16H24N4O/c1-19-8-6-16(10-19)5-2-7-20(11-16)15(21)13-9-17-14(18-13)12-3-4-12/h9,12H,2-8,10-11H2,1H3,(H,17,18). The molecule has 1 aliphatic carbocycles. The maximum atomic E-state index is 12.7. The summed E-state index contributed by atoms with van der Waals surface area (Å²) in [7, 11) is 2.19. The number of imidazole rings is 1. The van der Waals surface area contributed by atoms with Gasteiger partial charge in [-0.15, -0.1) is 0 Å². The molecule has 0 bridgehead atoms. The topological polar surface area (TPSA) is 52.2 Å². The second-order valence-corrected chi connectivity index (χ2v) is 7.27. The highest BCUT2D eigenvalue weighted by atomic mass is 16.2. The van der Waals surface area contributed by atoms with Gasteiger partial charge in [-0.05, 0) is 45.7 Å². The third-order valence-corrected chi connectivity index (χ3v) is 5.37. The summed E-state index contributed by atoms with van der Waals surface area (Å²) in [6.07, 6.45) is 7.77. The van der Waals surface area contributed by atoms with Gasteiger partial charge in [0.1, 0.15) is 11.5 Å². The molecule has 0 aromatic carbocycles. The Morgan fingerprint density at radius 1 is 1.33 bits per heavy atom. The van der Waals surface area contributed by atoms with Gasteiger partial charge in [-0.3, -0.25) is 4.79 Å². The zero-order valence-corrected chi connectivity index (χ0v) is 12.8. The molecule has 1 saturated carbocycles. The molecular formula is C16H24N4O. The first-order chi connectivity index (χ1) is 10.2. The van der Waals surface area contributed by atoms with Gasteiger partial charge in [-0.1, -0.05) is 0 Å². The molecule has 3 aliphatic rings. The van der Waals surface area contributed by atoms with E-state index in [1.807, 2.05) is 4.90 Å². The highest BCUT2D eigenvalue weighted by molar-refractivity contribution is 5.92. The number of piperidine rings is 1. The number of nitrogens with zero attached hydrogens (tertiary/aromatic N) is 3. The highest BCUT2D eigenvalue weighted by Gasteiger charge is 2.41. The van der Waals surface area contributed by atoms with Gasteiger partial charge in [0.05, 0.1) is 6.20 Å². The van der Waals surface area contributed by atoms with Crippen molar-refractivity contribution < 1.29 is 4.79 Å². The molecule has 3 heterocycles. The number of carbonyl (C=O) groups excluding carboxylic acids is 1. The first-order valence-electron chi connectivity index (χ1n) is 8.18. The van der Waals surface area contributed by atoms with Gasteiger partial charge in [-0.2, -0.15) is 0 Å². The molecule has 5 heteroatoms.